The van der Waals surface area contributed by atoms with Gasteiger partial charge in [-0.1, -0.05) is 20.3 Å². The van der Waals surface area contributed by atoms with Gasteiger partial charge in [0.25, 0.3) is 0 Å². The number of fused-ring (bicyclic) bond motifs is 2. The average Bonchev–Trinajstić information content (AvgIpc) is 2.98. The van der Waals surface area contributed by atoms with Crippen molar-refractivity contribution in [2.45, 2.75) is 64.8 Å². The van der Waals surface area contributed by atoms with Crippen molar-refractivity contribution in [1.82, 2.24) is 5.32 Å². The molecule has 0 aliphatic heterocycles. The molecule has 2 nitrogen and oxygen atoms in total. The van der Waals surface area contributed by atoms with Crippen LogP contribution in [0.25, 0.3) is 0 Å². The Kier molecular flexibility index (Phi) is 6.15. The summed E-state index contributed by atoms with van der Waals surface area (Å²) in [4.78, 5) is 0. The van der Waals surface area contributed by atoms with E-state index in [1.807, 2.05) is 7.11 Å². The van der Waals surface area contributed by atoms with Crippen molar-refractivity contribution in [2.24, 2.45) is 23.7 Å². The van der Waals surface area contributed by atoms with E-state index in [0.717, 1.165) is 30.4 Å². The van der Waals surface area contributed by atoms with Crippen LogP contribution in [0, 0.1) is 23.7 Å². The molecule has 2 heteroatoms. The molecule has 1 N–H and O–H groups in total. The largest absolute Gasteiger partial charge is 0.384 e. The van der Waals surface area contributed by atoms with Crippen LogP contribution in [0.15, 0.2) is 0 Å². The zero-order chi connectivity index (χ0) is 13.7. The van der Waals surface area contributed by atoms with Crippen LogP contribution >= 0.6 is 0 Å². The summed E-state index contributed by atoms with van der Waals surface area (Å²) >= 11 is 0. The van der Waals surface area contributed by atoms with Gasteiger partial charge < -0.3 is 10.1 Å². The van der Waals surface area contributed by atoms with Crippen LogP contribution in [0.4, 0.5) is 0 Å². The fourth-order valence-electron chi connectivity index (χ4n) is 4.48. The first-order chi connectivity index (χ1) is 9.22. The van der Waals surface area contributed by atoms with Crippen LogP contribution in [0.2, 0.25) is 0 Å². The summed E-state index contributed by atoms with van der Waals surface area (Å²) in [6.45, 7) is 6.66. The molecule has 0 saturated heterocycles. The average molecular weight is 267 g/mol. The second kappa shape index (κ2) is 7.64. The minimum atomic E-state index is 0.679. The highest BCUT2D eigenvalue weighted by molar-refractivity contribution is 4.91. The van der Waals surface area contributed by atoms with Gasteiger partial charge in [-0.2, -0.15) is 0 Å². The molecule has 5 atom stereocenters. The minimum absolute atomic E-state index is 0.679. The predicted octanol–water partition coefficient (Wildman–Crippen LogP) is 3.85. The molecule has 2 aliphatic carbocycles. The second-order valence-corrected chi connectivity index (χ2v) is 7.12. The lowest BCUT2D eigenvalue weighted by atomic mass is 9.82. The zero-order valence-corrected chi connectivity index (χ0v) is 13.2. The van der Waals surface area contributed by atoms with Crippen LogP contribution < -0.4 is 5.32 Å². The number of hydrogen-bond donors (Lipinski definition) is 1. The summed E-state index contributed by atoms with van der Waals surface area (Å²) in [6.07, 6.45) is 10.0. The molecular weight excluding hydrogens is 234 g/mol. The smallest absolute Gasteiger partial charge is 0.0488 e. The van der Waals surface area contributed by atoms with Crippen LogP contribution in [0.3, 0.4) is 0 Å². The molecule has 5 unspecified atom stereocenters. The Labute approximate surface area is 119 Å². The SMILES string of the molecule is CCCNC(CC(C)COC)CC1CC2CCC1C2. The lowest BCUT2D eigenvalue weighted by molar-refractivity contribution is 0.144. The normalized spacial score (nSPS) is 32.7. The first-order valence-electron chi connectivity index (χ1n) is 8.45. The maximum absolute atomic E-state index is 5.30. The highest BCUT2D eigenvalue weighted by Crippen LogP contribution is 2.50. The predicted molar refractivity (Wildman–Crippen MR) is 81.3 cm³/mol. The van der Waals surface area contributed by atoms with E-state index in [2.05, 4.69) is 19.2 Å². The van der Waals surface area contributed by atoms with Gasteiger partial charge in [0, 0.05) is 19.8 Å². The summed E-state index contributed by atoms with van der Waals surface area (Å²) < 4.78 is 5.30. The quantitative estimate of drug-likeness (QED) is 0.685. The third-order valence-electron chi connectivity index (χ3n) is 5.29. The summed E-state index contributed by atoms with van der Waals surface area (Å²) in [5, 5.41) is 3.79. The van der Waals surface area contributed by atoms with Crippen molar-refractivity contribution in [3.05, 3.63) is 0 Å². The molecule has 19 heavy (non-hydrogen) atoms. The van der Waals surface area contributed by atoms with E-state index in [1.54, 1.807) is 6.42 Å². The van der Waals surface area contributed by atoms with E-state index in [-0.39, 0.29) is 0 Å². The molecule has 112 valence electrons. The highest BCUT2D eigenvalue weighted by Gasteiger charge is 2.40. The number of nitrogens with one attached hydrogen (secondary N) is 1. The number of hydrogen-bond acceptors (Lipinski definition) is 2. The van der Waals surface area contributed by atoms with Crippen LogP contribution in [-0.2, 0) is 4.74 Å². The summed E-state index contributed by atoms with van der Waals surface area (Å²) in [5.41, 5.74) is 0. The molecule has 2 bridgehead atoms. The second-order valence-electron chi connectivity index (χ2n) is 7.12. The van der Waals surface area contributed by atoms with E-state index in [1.165, 1.54) is 45.1 Å². The molecule has 0 aromatic rings. The van der Waals surface area contributed by atoms with Gasteiger partial charge in [-0.15, -0.1) is 0 Å². The Bertz CT molecular complexity index is 256. The first kappa shape index (κ1) is 15.3. The molecule has 0 amide bonds. The topological polar surface area (TPSA) is 21.3 Å². The Morgan fingerprint density at radius 3 is 2.68 bits per heavy atom. The first-order valence-corrected chi connectivity index (χ1v) is 8.45. The Hall–Kier alpha value is -0.0800. The van der Waals surface area contributed by atoms with Crippen LogP contribution in [0.1, 0.15) is 58.8 Å². The fourth-order valence-corrected chi connectivity index (χ4v) is 4.48. The molecule has 0 aromatic carbocycles. The molecule has 0 aromatic heterocycles. The van der Waals surface area contributed by atoms with E-state index in [4.69, 9.17) is 4.74 Å². The van der Waals surface area contributed by atoms with Crippen molar-refractivity contribution in [2.75, 3.05) is 20.3 Å². The third-order valence-corrected chi connectivity index (χ3v) is 5.29. The van der Waals surface area contributed by atoms with E-state index in [9.17, 15) is 0 Å². The molecule has 0 radical (unpaired) electrons. The molecule has 0 heterocycles. The molecule has 2 saturated carbocycles. The van der Waals surface area contributed by atoms with Crippen molar-refractivity contribution in [3.8, 4) is 0 Å². The molecule has 0 spiro atoms. The summed E-state index contributed by atoms with van der Waals surface area (Å²) in [6, 6.07) is 0.717. The number of methoxy groups -OCH3 is 1. The monoisotopic (exact) mass is 267 g/mol. The van der Waals surface area contributed by atoms with Crippen molar-refractivity contribution < 1.29 is 4.74 Å². The van der Waals surface area contributed by atoms with Gasteiger partial charge in [0.2, 0.25) is 0 Å². The minimum Gasteiger partial charge on any atom is -0.384 e. The van der Waals surface area contributed by atoms with Crippen LogP contribution in [0.5, 0.6) is 0 Å². The van der Waals surface area contributed by atoms with Gasteiger partial charge in [-0.3, -0.25) is 0 Å². The Morgan fingerprint density at radius 2 is 2.11 bits per heavy atom. The summed E-state index contributed by atoms with van der Waals surface area (Å²) in [5.74, 6) is 3.84. The van der Waals surface area contributed by atoms with Gasteiger partial charge in [0.15, 0.2) is 0 Å². The van der Waals surface area contributed by atoms with E-state index < -0.39 is 0 Å². The molecule has 2 fully saturated rings. The Balaban J connectivity index is 1.79. The maximum atomic E-state index is 5.30. The maximum Gasteiger partial charge on any atom is 0.0488 e. The van der Waals surface area contributed by atoms with Crippen molar-refractivity contribution >= 4 is 0 Å². The van der Waals surface area contributed by atoms with Crippen molar-refractivity contribution in [1.29, 1.82) is 0 Å². The molecule has 2 rings (SSSR count). The lowest BCUT2D eigenvalue weighted by Gasteiger charge is -2.29. The van der Waals surface area contributed by atoms with Gasteiger partial charge in [0.1, 0.15) is 0 Å². The van der Waals surface area contributed by atoms with Gasteiger partial charge >= 0.3 is 0 Å². The van der Waals surface area contributed by atoms with Gasteiger partial charge in [0.05, 0.1) is 0 Å². The standard InChI is InChI=1S/C17H33NO/c1-4-7-18-17(8-13(2)12-19-3)11-16-10-14-5-6-15(16)9-14/h13-18H,4-12H2,1-3H3. The Morgan fingerprint density at radius 1 is 1.26 bits per heavy atom. The number of ether oxygens (including phenoxy) is 1. The van der Waals surface area contributed by atoms with Gasteiger partial charge in [-0.25, -0.2) is 0 Å². The fraction of sp³-hybridized carbons (Fsp3) is 1.00. The van der Waals surface area contributed by atoms with Crippen molar-refractivity contribution in [3.63, 3.8) is 0 Å². The molecular formula is C17H33NO. The van der Waals surface area contributed by atoms with Gasteiger partial charge in [-0.05, 0) is 68.7 Å². The lowest BCUT2D eigenvalue weighted by Crippen LogP contribution is -2.35. The summed E-state index contributed by atoms with van der Waals surface area (Å²) in [7, 11) is 1.82. The third kappa shape index (κ3) is 4.46. The molecule has 2 aliphatic rings. The van der Waals surface area contributed by atoms with Crippen LogP contribution in [-0.4, -0.2) is 26.3 Å². The van der Waals surface area contributed by atoms with E-state index >= 15 is 0 Å². The van der Waals surface area contributed by atoms with E-state index in [0.29, 0.717) is 5.92 Å². The zero-order valence-electron chi connectivity index (χ0n) is 13.2. The highest BCUT2D eigenvalue weighted by atomic mass is 16.5. The number of rotatable bonds is 9.